The number of nitrogens with one attached hydrogen (secondary N) is 2. The number of aryl methyl sites for hydroxylation is 1. The van der Waals surface area contributed by atoms with E-state index in [9.17, 15) is 19.5 Å². The van der Waals surface area contributed by atoms with Crippen LogP contribution in [-0.4, -0.2) is 47.7 Å². The van der Waals surface area contributed by atoms with Gasteiger partial charge in [-0.2, -0.15) is 11.8 Å². The van der Waals surface area contributed by atoms with Gasteiger partial charge in [-0.15, -0.1) is 0 Å². The predicted octanol–water partition coefficient (Wildman–Crippen LogP) is 4.90. The Morgan fingerprint density at radius 3 is 2.29 bits per heavy atom. The highest BCUT2D eigenvalue weighted by atomic mass is 32.2. The number of ether oxygens (including phenoxy) is 1. The zero-order valence-corrected chi connectivity index (χ0v) is 20.1. The minimum atomic E-state index is -1.09. The van der Waals surface area contributed by atoms with Crippen LogP contribution in [0.1, 0.15) is 33.0 Å². The van der Waals surface area contributed by atoms with Gasteiger partial charge >= 0.3 is 12.1 Å². The van der Waals surface area contributed by atoms with E-state index in [4.69, 9.17) is 4.74 Å². The first kappa shape index (κ1) is 24.3. The van der Waals surface area contributed by atoms with E-state index in [1.807, 2.05) is 24.3 Å². The number of carbonyl (C=O) groups is 3. The van der Waals surface area contributed by atoms with Crippen molar-refractivity contribution in [2.24, 2.45) is 0 Å². The van der Waals surface area contributed by atoms with E-state index in [-0.39, 0.29) is 35.4 Å². The van der Waals surface area contributed by atoms with Crippen molar-refractivity contribution in [2.75, 3.05) is 30.0 Å². The summed E-state index contributed by atoms with van der Waals surface area (Å²) in [6.07, 6.45) is -0.498. The molecule has 1 aliphatic rings. The summed E-state index contributed by atoms with van der Waals surface area (Å²) in [7, 11) is 0. The molecule has 2 amide bonds. The Morgan fingerprint density at radius 2 is 1.63 bits per heavy atom. The summed E-state index contributed by atoms with van der Waals surface area (Å²) in [5.41, 5.74) is 5.78. The number of thioether (sulfide) groups is 1. The topological polar surface area (TPSA) is 105 Å². The molecular weight excluding hydrogens is 464 g/mol. The average Bonchev–Trinajstić information content (AvgIpc) is 3.17. The lowest BCUT2D eigenvalue weighted by atomic mass is 9.98. The molecule has 7 nitrogen and oxygen atoms in total. The van der Waals surface area contributed by atoms with E-state index in [0.29, 0.717) is 12.3 Å². The molecule has 0 fully saturated rings. The van der Waals surface area contributed by atoms with Gasteiger partial charge in [-0.05, 0) is 41.3 Å². The van der Waals surface area contributed by atoms with Crippen LogP contribution in [0, 0.1) is 6.92 Å². The molecule has 3 N–H and O–H groups in total. The van der Waals surface area contributed by atoms with Gasteiger partial charge in [0.25, 0.3) is 0 Å². The summed E-state index contributed by atoms with van der Waals surface area (Å²) in [4.78, 5) is 35.8. The zero-order chi connectivity index (χ0) is 24.8. The third-order valence-electron chi connectivity index (χ3n) is 5.77. The highest BCUT2D eigenvalue weighted by molar-refractivity contribution is 7.99. The van der Waals surface area contributed by atoms with Crippen molar-refractivity contribution >= 4 is 35.4 Å². The standard InChI is InChI=1S/C27H26N2O5S/c1-17-10-11-24(22(14-17)26(31)32)29-25(30)16-35-13-12-28-27(33)34-15-23-20-8-4-2-6-18(20)19-7-3-5-9-21(19)23/h2-11,14,23H,12-13,15-16H2,1H3,(H,28,33)(H,29,30)(H,31,32). The molecule has 0 radical (unpaired) electrons. The molecule has 0 bridgehead atoms. The molecule has 0 saturated heterocycles. The number of carboxylic acids is 1. The van der Waals surface area contributed by atoms with E-state index in [2.05, 4.69) is 34.9 Å². The number of aromatic carboxylic acids is 1. The molecule has 0 saturated carbocycles. The van der Waals surface area contributed by atoms with Crippen LogP contribution < -0.4 is 10.6 Å². The number of amides is 2. The van der Waals surface area contributed by atoms with E-state index in [0.717, 1.165) is 16.7 Å². The molecule has 0 unspecified atom stereocenters. The number of rotatable bonds is 9. The molecule has 3 aromatic rings. The number of hydrogen-bond acceptors (Lipinski definition) is 5. The summed E-state index contributed by atoms with van der Waals surface area (Å²) in [6.45, 7) is 2.38. The molecule has 3 aromatic carbocycles. The van der Waals surface area contributed by atoms with E-state index in [1.165, 1.54) is 29.0 Å². The summed E-state index contributed by atoms with van der Waals surface area (Å²) in [5, 5.41) is 14.7. The first-order valence-corrected chi connectivity index (χ1v) is 12.4. The molecule has 0 aliphatic heterocycles. The van der Waals surface area contributed by atoms with Gasteiger partial charge in [0.05, 0.1) is 17.0 Å². The smallest absolute Gasteiger partial charge is 0.407 e. The van der Waals surface area contributed by atoms with Crippen molar-refractivity contribution in [3.8, 4) is 11.1 Å². The first-order valence-electron chi connectivity index (χ1n) is 11.2. The maximum atomic E-state index is 12.2. The van der Waals surface area contributed by atoms with Crippen LogP contribution >= 0.6 is 11.8 Å². The molecule has 8 heteroatoms. The van der Waals surface area contributed by atoms with Gasteiger partial charge in [0.1, 0.15) is 6.61 Å². The molecule has 0 spiro atoms. The van der Waals surface area contributed by atoms with Crippen molar-refractivity contribution in [1.29, 1.82) is 0 Å². The summed E-state index contributed by atoms with van der Waals surface area (Å²) >= 11 is 1.34. The Labute approximate surface area is 207 Å². The zero-order valence-electron chi connectivity index (χ0n) is 19.2. The van der Waals surface area contributed by atoms with Crippen LogP contribution in [0.3, 0.4) is 0 Å². The Kier molecular flexibility index (Phi) is 7.72. The number of hydrogen-bond donors (Lipinski definition) is 3. The second-order valence-corrected chi connectivity index (χ2v) is 9.31. The van der Waals surface area contributed by atoms with Crippen LogP contribution in [0.4, 0.5) is 10.5 Å². The van der Waals surface area contributed by atoms with Crippen LogP contribution in [0.5, 0.6) is 0 Å². The molecule has 0 aromatic heterocycles. The highest BCUT2D eigenvalue weighted by Gasteiger charge is 2.28. The molecule has 4 rings (SSSR count). The molecular formula is C27H26N2O5S. The summed E-state index contributed by atoms with van der Waals surface area (Å²) in [6, 6.07) is 21.2. The summed E-state index contributed by atoms with van der Waals surface area (Å²) in [5.74, 6) is -0.744. The van der Waals surface area contributed by atoms with Gasteiger partial charge < -0.3 is 20.5 Å². The van der Waals surface area contributed by atoms with E-state index >= 15 is 0 Å². The fraction of sp³-hybridized carbons (Fsp3) is 0.222. The minimum absolute atomic E-state index is 0.00342. The number of alkyl carbamates (subject to hydrolysis) is 1. The molecule has 0 atom stereocenters. The van der Waals surface area contributed by atoms with Gasteiger partial charge in [-0.1, -0.05) is 60.2 Å². The second-order valence-electron chi connectivity index (χ2n) is 8.21. The molecule has 1 aliphatic carbocycles. The minimum Gasteiger partial charge on any atom is -0.478 e. The maximum absolute atomic E-state index is 12.2. The highest BCUT2D eigenvalue weighted by Crippen LogP contribution is 2.44. The van der Waals surface area contributed by atoms with Gasteiger partial charge in [0, 0.05) is 18.2 Å². The number of anilines is 1. The Bertz CT molecular complexity index is 1210. The maximum Gasteiger partial charge on any atom is 0.407 e. The lowest BCUT2D eigenvalue weighted by Crippen LogP contribution is -2.28. The fourth-order valence-electron chi connectivity index (χ4n) is 4.17. The number of carbonyl (C=O) groups excluding carboxylic acids is 2. The van der Waals surface area contributed by atoms with Crippen LogP contribution in [-0.2, 0) is 9.53 Å². The van der Waals surface area contributed by atoms with Gasteiger partial charge in [-0.3, -0.25) is 4.79 Å². The lowest BCUT2D eigenvalue weighted by Gasteiger charge is -2.14. The Balaban J connectivity index is 1.19. The van der Waals surface area contributed by atoms with Gasteiger partial charge in [0.2, 0.25) is 5.91 Å². The van der Waals surface area contributed by atoms with Crippen molar-refractivity contribution in [2.45, 2.75) is 12.8 Å². The monoisotopic (exact) mass is 490 g/mol. The third-order valence-corrected chi connectivity index (χ3v) is 6.73. The van der Waals surface area contributed by atoms with Crippen molar-refractivity contribution in [3.63, 3.8) is 0 Å². The lowest BCUT2D eigenvalue weighted by molar-refractivity contribution is -0.113. The van der Waals surface area contributed by atoms with E-state index < -0.39 is 12.1 Å². The van der Waals surface area contributed by atoms with Crippen molar-refractivity contribution in [3.05, 3.63) is 89.0 Å². The predicted molar refractivity (Wildman–Crippen MR) is 137 cm³/mol. The SMILES string of the molecule is Cc1ccc(NC(=O)CSCCNC(=O)OCC2c3ccccc3-c3ccccc32)c(C(=O)O)c1. The summed E-state index contributed by atoms with van der Waals surface area (Å²) < 4.78 is 5.50. The average molecular weight is 491 g/mol. The van der Waals surface area contributed by atoms with Crippen molar-refractivity contribution in [1.82, 2.24) is 5.32 Å². The third kappa shape index (κ3) is 5.84. The molecule has 180 valence electrons. The van der Waals surface area contributed by atoms with Gasteiger partial charge in [-0.25, -0.2) is 9.59 Å². The molecule has 0 heterocycles. The second kappa shape index (κ2) is 11.1. The van der Waals surface area contributed by atoms with E-state index in [1.54, 1.807) is 19.1 Å². The Morgan fingerprint density at radius 1 is 0.971 bits per heavy atom. The normalized spacial score (nSPS) is 11.9. The van der Waals surface area contributed by atoms with Crippen LogP contribution in [0.25, 0.3) is 11.1 Å². The first-order chi connectivity index (χ1) is 16.9. The largest absolute Gasteiger partial charge is 0.478 e. The van der Waals surface area contributed by atoms with Crippen LogP contribution in [0.2, 0.25) is 0 Å². The number of fused-ring (bicyclic) bond motifs is 3. The van der Waals surface area contributed by atoms with Gasteiger partial charge in [0.15, 0.2) is 0 Å². The number of carboxylic acid groups (broad SMARTS) is 1. The number of benzene rings is 3. The Hall–Kier alpha value is -3.78. The fourth-order valence-corrected chi connectivity index (χ4v) is 4.82. The molecule has 35 heavy (non-hydrogen) atoms. The van der Waals surface area contributed by atoms with Crippen LogP contribution in [0.15, 0.2) is 66.7 Å². The van der Waals surface area contributed by atoms with Crippen molar-refractivity contribution < 1.29 is 24.2 Å². The quantitative estimate of drug-likeness (QED) is 0.369.